The molecule has 0 saturated carbocycles. The van der Waals surface area contributed by atoms with E-state index in [-0.39, 0.29) is 11.7 Å². The lowest BCUT2D eigenvalue weighted by molar-refractivity contribution is -0.274. The van der Waals surface area contributed by atoms with Crippen LogP contribution in [0, 0.1) is 5.41 Å². The van der Waals surface area contributed by atoms with Crippen LogP contribution in [-0.2, 0) is 11.3 Å². The van der Waals surface area contributed by atoms with E-state index in [9.17, 15) is 18.0 Å². The van der Waals surface area contributed by atoms with Gasteiger partial charge in [-0.15, -0.1) is 13.2 Å². The molecule has 0 bridgehead atoms. The number of hydrogen-bond donors (Lipinski definition) is 1. The van der Waals surface area contributed by atoms with Gasteiger partial charge in [-0.2, -0.15) is 0 Å². The minimum atomic E-state index is -4.68. The number of nitrogens with zero attached hydrogens (tertiary/aromatic N) is 1. The van der Waals surface area contributed by atoms with Crippen LogP contribution in [0.5, 0.6) is 5.75 Å². The Hall–Kier alpha value is -1.76. The summed E-state index contributed by atoms with van der Waals surface area (Å²) in [5.41, 5.74) is 0.472. The lowest BCUT2D eigenvalue weighted by Crippen LogP contribution is -2.50. The van der Waals surface area contributed by atoms with Gasteiger partial charge in [-0.1, -0.05) is 19.1 Å². The van der Waals surface area contributed by atoms with Crippen LogP contribution in [0.25, 0.3) is 0 Å². The number of rotatable bonds is 6. The van der Waals surface area contributed by atoms with Crippen molar-refractivity contribution >= 4 is 5.91 Å². The molecule has 1 aliphatic heterocycles. The summed E-state index contributed by atoms with van der Waals surface area (Å²) < 4.78 is 40.5. The fourth-order valence-corrected chi connectivity index (χ4v) is 3.17. The van der Waals surface area contributed by atoms with Crippen LogP contribution in [0.1, 0.15) is 38.7 Å². The molecule has 7 heteroatoms. The normalized spacial score (nSPS) is 21.8. The van der Waals surface area contributed by atoms with Gasteiger partial charge in [0.2, 0.25) is 5.91 Å². The van der Waals surface area contributed by atoms with Crippen LogP contribution in [0.15, 0.2) is 24.3 Å². The summed E-state index contributed by atoms with van der Waals surface area (Å²) in [6, 6.07) is 5.90. The average Bonchev–Trinajstić information content (AvgIpc) is 2.53. The number of benzene rings is 1. The molecule has 0 aliphatic carbocycles. The molecule has 1 unspecified atom stereocenters. The molecule has 1 aromatic rings. The molecule has 0 aromatic heterocycles. The van der Waals surface area contributed by atoms with Gasteiger partial charge in [-0.3, -0.25) is 9.69 Å². The summed E-state index contributed by atoms with van der Waals surface area (Å²) >= 11 is 0. The lowest BCUT2D eigenvalue weighted by Gasteiger charge is -2.39. The number of carbonyl (C=O) groups is 1. The number of likely N-dealkylation sites (tertiary alicyclic amines) is 1. The monoisotopic (exact) mass is 358 g/mol. The second-order valence-corrected chi connectivity index (χ2v) is 6.82. The highest BCUT2D eigenvalue weighted by Gasteiger charge is 2.37. The highest BCUT2D eigenvalue weighted by molar-refractivity contribution is 5.82. The first kappa shape index (κ1) is 19.6. The van der Waals surface area contributed by atoms with Crippen molar-refractivity contribution in [2.45, 2.75) is 46.0 Å². The van der Waals surface area contributed by atoms with Crippen molar-refractivity contribution in [1.29, 1.82) is 0 Å². The summed E-state index contributed by atoms with van der Waals surface area (Å²) in [4.78, 5) is 14.6. The van der Waals surface area contributed by atoms with E-state index in [0.717, 1.165) is 31.4 Å². The third-order valence-electron chi connectivity index (χ3n) is 4.42. The van der Waals surface area contributed by atoms with Gasteiger partial charge in [-0.05, 0) is 50.4 Å². The van der Waals surface area contributed by atoms with Gasteiger partial charge < -0.3 is 10.1 Å². The Morgan fingerprint density at radius 1 is 1.32 bits per heavy atom. The number of alkyl halides is 3. The fourth-order valence-electron chi connectivity index (χ4n) is 3.17. The number of piperidine rings is 1. The Morgan fingerprint density at radius 3 is 2.60 bits per heavy atom. The second-order valence-electron chi connectivity index (χ2n) is 6.82. The van der Waals surface area contributed by atoms with Crippen LogP contribution < -0.4 is 10.1 Å². The van der Waals surface area contributed by atoms with E-state index in [1.807, 2.05) is 13.8 Å². The first-order valence-corrected chi connectivity index (χ1v) is 8.57. The zero-order valence-electron chi connectivity index (χ0n) is 14.7. The molecule has 4 nitrogen and oxygen atoms in total. The standard InChI is InChI=1S/C18H25F3N2O2/c1-3-10-22-16(24)17(2)9-4-11-23(13-17)12-14-5-7-15(8-6-14)25-18(19,20)21/h5-8H,3-4,9-13H2,1-2H3,(H,22,24). The maximum Gasteiger partial charge on any atom is 0.573 e. The molecular weight excluding hydrogens is 333 g/mol. The number of halogens is 3. The quantitative estimate of drug-likeness (QED) is 0.843. The summed E-state index contributed by atoms with van der Waals surface area (Å²) in [7, 11) is 0. The number of amides is 1. The molecule has 140 valence electrons. The zero-order chi connectivity index (χ0) is 18.5. The summed E-state index contributed by atoms with van der Waals surface area (Å²) in [5.74, 6) is -0.147. The topological polar surface area (TPSA) is 41.6 Å². The van der Waals surface area contributed by atoms with Gasteiger partial charge in [-0.25, -0.2) is 0 Å². The number of hydrogen-bond acceptors (Lipinski definition) is 3. The molecule has 0 radical (unpaired) electrons. The van der Waals surface area contributed by atoms with Crippen LogP contribution in [0.2, 0.25) is 0 Å². The summed E-state index contributed by atoms with van der Waals surface area (Å²) in [5, 5.41) is 2.97. The summed E-state index contributed by atoms with van der Waals surface area (Å²) in [6.07, 6.45) is -2.01. The van der Waals surface area contributed by atoms with E-state index < -0.39 is 11.8 Å². The van der Waals surface area contributed by atoms with Crippen molar-refractivity contribution in [1.82, 2.24) is 10.2 Å². The Morgan fingerprint density at radius 2 is 2.00 bits per heavy atom. The first-order valence-electron chi connectivity index (χ1n) is 8.57. The fraction of sp³-hybridized carbons (Fsp3) is 0.611. The summed E-state index contributed by atoms with van der Waals surface area (Å²) in [6.45, 7) is 6.78. The van der Waals surface area contributed by atoms with E-state index in [0.29, 0.717) is 19.6 Å². The molecule has 1 aromatic carbocycles. The van der Waals surface area contributed by atoms with Crippen LogP contribution in [0.4, 0.5) is 13.2 Å². The number of ether oxygens (including phenoxy) is 1. The van der Waals surface area contributed by atoms with Gasteiger partial charge in [0.25, 0.3) is 0 Å². The van der Waals surface area contributed by atoms with Crippen molar-refractivity contribution < 1.29 is 22.7 Å². The van der Waals surface area contributed by atoms with Crippen LogP contribution in [0.3, 0.4) is 0 Å². The van der Waals surface area contributed by atoms with E-state index in [2.05, 4.69) is 15.0 Å². The van der Waals surface area contributed by atoms with Crippen LogP contribution in [-0.4, -0.2) is 36.8 Å². The number of nitrogens with one attached hydrogen (secondary N) is 1. The smallest absolute Gasteiger partial charge is 0.406 e. The van der Waals surface area contributed by atoms with Gasteiger partial charge in [0, 0.05) is 19.6 Å². The van der Waals surface area contributed by atoms with Gasteiger partial charge in [0.15, 0.2) is 0 Å². The Kier molecular flexibility index (Phi) is 6.32. The molecule has 1 amide bonds. The van der Waals surface area contributed by atoms with Crippen molar-refractivity contribution in [3.05, 3.63) is 29.8 Å². The molecular formula is C18H25F3N2O2. The Bertz CT molecular complexity index is 575. The van der Waals surface area contributed by atoms with Gasteiger partial charge in [0.05, 0.1) is 5.41 Å². The minimum Gasteiger partial charge on any atom is -0.406 e. The third-order valence-corrected chi connectivity index (χ3v) is 4.42. The third kappa shape index (κ3) is 5.92. The van der Waals surface area contributed by atoms with Crippen molar-refractivity contribution in [3.63, 3.8) is 0 Å². The zero-order valence-corrected chi connectivity index (χ0v) is 14.7. The van der Waals surface area contributed by atoms with Crippen molar-refractivity contribution in [2.24, 2.45) is 5.41 Å². The molecule has 25 heavy (non-hydrogen) atoms. The SMILES string of the molecule is CCCNC(=O)C1(C)CCCN(Cc2ccc(OC(F)(F)F)cc2)C1. The lowest BCUT2D eigenvalue weighted by atomic mass is 9.80. The minimum absolute atomic E-state index is 0.0768. The largest absolute Gasteiger partial charge is 0.573 e. The van der Waals surface area contributed by atoms with Crippen molar-refractivity contribution in [3.8, 4) is 5.75 Å². The maximum absolute atomic E-state index is 12.4. The van der Waals surface area contributed by atoms with Gasteiger partial charge in [0.1, 0.15) is 5.75 Å². The molecule has 1 saturated heterocycles. The predicted octanol–water partition coefficient (Wildman–Crippen LogP) is 3.71. The van der Waals surface area contributed by atoms with E-state index in [1.165, 1.54) is 12.1 Å². The average molecular weight is 358 g/mol. The molecule has 1 fully saturated rings. The second kappa shape index (κ2) is 8.08. The highest BCUT2D eigenvalue weighted by atomic mass is 19.4. The molecule has 2 rings (SSSR count). The first-order chi connectivity index (χ1) is 11.7. The molecule has 1 N–H and O–H groups in total. The maximum atomic E-state index is 12.4. The van der Waals surface area contributed by atoms with Crippen molar-refractivity contribution in [2.75, 3.05) is 19.6 Å². The van der Waals surface area contributed by atoms with Gasteiger partial charge >= 0.3 is 6.36 Å². The van der Waals surface area contributed by atoms with E-state index in [1.54, 1.807) is 12.1 Å². The molecule has 0 spiro atoms. The highest BCUT2D eigenvalue weighted by Crippen LogP contribution is 2.31. The molecule has 1 heterocycles. The van der Waals surface area contributed by atoms with E-state index >= 15 is 0 Å². The predicted molar refractivity (Wildman–Crippen MR) is 89.0 cm³/mol. The Labute approximate surface area is 146 Å². The van der Waals surface area contributed by atoms with Crippen LogP contribution >= 0.6 is 0 Å². The number of carbonyl (C=O) groups excluding carboxylic acids is 1. The molecule has 1 atom stereocenters. The molecule has 1 aliphatic rings. The van der Waals surface area contributed by atoms with E-state index in [4.69, 9.17) is 0 Å². The Balaban J connectivity index is 1.94.